The van der Waals surface area contributed by atoms with Gasteiger partial charge in [-0.3, -0.25) is 39.9 Å². The SMILES string of the molecule is COc1cc([N+](=O)[O-])ccc1N1C(=O)c2cc([N+](=O)[O-])cc3cc([N+](=O)[O-])cc(c23)C1=O. The van der Waals surface area contributed by atoms with Crippen LogP contribution in [0.4, 0.5) is 22.7 Å². The van der Waals surface area contributed by atoms with E-state index in [0.717, 1.165) is 42.5 Å². The van der Waals surface area contributed by atoms with Crippen LogP contribution in [0.25, 0.3) is 10.8 Å². The molecule has 13 nitrogen and oxygen atoms in total. The summed E-state index contributed by atoms with van der Waals surface area (Å²) in [7, 11) is 1.17. The second-order valence-corrected chi connectivity index (χ2v) is 6.66. The highest BCUT2D eigenvalue weighted by Crippen LogP contribution is 2.41. The number of imide groups is 1. The summed E-state index contributed by atoms with van der Waals surface area (Å²) in [5, 5.41) is 33.8. The fourth-order valence-electron chi connectivity index (χ4n) is 3.55. The fraction of sp³-hybridized carbons (Fsp3) is 0.0526. The number of rotatable bonds is 5. The number of carbonyl (C=O) groups is 2. The molecule has 3 aromatic carbocycles. The van der Waals surface area contributed by atoms with Gasteiger partial charge in [-0.2, -0.15) is 0 Å². The number of nitro benzene ring substituents is 3. The number of benzene rings is 3. The molecule has 3 aromatic rings. The molecular weight excluding hydrogens is 428 g/mol. The molecule has 0 fully saturated rings. The number of methoxy groups -OCH3 is 1. The number of ether oxygens (including phenoxy) is 1. The Kier molecular flexibility index (Phi) is 4.50. The van der Waals surface area contributed by atoms with Crippen molar-refractivity contribution in [3.63, 3.8) is 0 Å². The number of carbonyl (C=O) groups excluding carboxylic acids is 2. The highest BCUT2D eigenvalue weighted by Gasteiger charge is 2.38. The van der Waals surface area contributed by atoms with Crippen LogP contribution in [0, 0.1) is 30.3 Å². The topological polar surface area (TPSA) is 176 Å². The molecule has 0 atom stereocenters. The number of nitro groups is 3. The van der Waals surface area contributed by atoms with Gasteiger partial charge in [-0.05, 0) is 11.5 Å². The molecule has 1 aliphatic heterocycles. The lowest BCUT2D eigenvalue weighted by molar-refractivity contribution is -0.385. The van der Waals surface area contributed by atoms with Gasteiger partial charge in [0.2, 0.25) is 0 Å². The maximum absolute atomic E-state index is 13.3. The Morgan fingerprint density at radius 3 is 1.69 bits per heavy atom. The van der Waals surface area contributed by atoms with Crippen molar-refractivity contribution in [3.8, 4) is 5.75 Å². The summed E-state index contributed by atoms with van der Waals surface area (Å²) in [5.41, 5.74) is -1.98. The Morgan fingerprint density at radius 1 is 0.750 bits per heavy atom. The van der Waals surface area contributed by atoms with Gasteiger partial charge in [-0.15, -0.1) is 0 Å². The molecule has 0 bridgehead atoms. The standard InChI is InChI=1S/C19H10N4O9/c1-32-16-8-10(21(26)27)2-3-15(16)20-18(24)13-6-11(22(28)29)4-9-5-12(23(30)31)7-14(17(9)13)19(20)25/h2-8H,1H3. The fourth-order valence-corrected chi connectivity index (χ4v) is 3.55. The van der Waals surface area contributed by atoms with Crippen molar-refractivity contribution in [1.82, 2.24) is 0 Å². The van der Waals surface area contributed by atoms with Gasteiger partial charge in [0.1, 0.15) is 5.75 Å². The lowest BCUT2D eigenvalue weighted by Gasteiger charge is -2.28. The molecule has 0 N–H and O–H groups in total. The van der Waals surface area contributed by atoms with E-state index in [0.29, 0.717) is 4.90 Å². The van der Waals surface area contributed by atoms with Crippen molar-refractivity contribution in [2.75, 3.05) is 12.0 Å². The van der Waals surface area contributed by atoms with Gasteiger partial charge >= 0.3 is 0 Å². The number of hydrogen-bond acceptors (Lipinski definition) is 9. The first-order valence-electron chi connectivity index (χ1n) is 8.76. The number of non-ortho nitro benzene ring substituents is 3. The summed E-state index contributed by atoms with van der Waals surface area (Å²) in [5.74, 6) is -2.08. The molecule has 0 saturated carbocycles. The van der Waals surface area contributed by atoms with Crippen LogP contribution in [0.3, 0.4) is 0 Å². The molecule has 160 valence electrons. The van der Waals surface area contributed by atoms with Gasteiger partial charge in [0.25, 0.3) is 28.9 Å². The Bertz CT molecular complexity index is 1330. The van der Waals surface area contributed by atoms with Crippen LogP contribution in [0.1, 0.15) is 20.7 Å². The maximum Gasteiger partial charge on any atom is 0.273 e. The Hall–Kier alpha value is -4.94. The van der Waals surface area contributed by atoms with Crippen LogP contribution in [0.2, 0.25) is 0 Å². The van der Waals surface area contributed by atoms with Gasteiger partial charge in [-0.1, -0.05) is 0 Å². The first-order valence-corrected chi connectivity index (χ1v) is 8.76. The van der Waals surface area contributed by atoms with Crippen molar-refractivity contribution in [2.24, 2.45) is 0 Å². The minimum atomic E-state index is -0.947. The van der Waals surface area contributed by atoms with E-state index in [2.05, 4.69) is 0 Å². The van der Waals surface area contributed by atoms with Gasteiger partial charge in [0.15, 0.2) is 0 Å². The molecule has 4 rings (SSSR count). The molecule has 0 unspecified atom stereocenters. The number of nitrogens with zero attached hydrogens (tertiary/aromatic N) is 4. The quantitative estimate of drug-likeness (QED) is 0.328. The molecule has 1 heterocycles. The van der Waals surface area contributed by atoms with E-state index < -0.39 is 38.0 Å². The number of amides is 2. The first-order chi connectivity index (χ1) is 15.1. The Balaban J connectivity index is 2.03. The van der Waals surface area contributed by atoms with Gasteiger partial charge in [0.05, 0.1) is 44.8 Å². The van der Waals surface area contributed by atoms with Crippen LogP contribution >= 0.6 is 0 Å². The van der Waals surface area contributed by atoms with Gasteiger partial charge in [0, 0.05) is 35.7 Å². The summed E-state index contributed by atoms with van der Waals surface area (Å²) in [6, 6.07) is 7.18. The summed E-state index contributed by atoms with van der Waals surface area (Å²) < 4.78 is 5.10. The smallest absolute Gasteiger partial charge is 0.273 e. The van der Waals surface area contributed by atoms with Crippen LogP contribution < -0.4 is 9.64 Å². The molecule has 13 heteroatoms. The zero-order chi connectivity index (χ0) is 23.3. The van der Waals surface area contributed by atoms with Crippen LogP contribution in [-0.2, 0) is 0 Å². The Labute approximate surface area is 176 Å². The highest BCUT2D eigenvalue weighted by molar-refractivity contribution is 6.36. The maximum atomic E-state index is 13.3. The average molecular weight is 438 g/mol. The first kappa shape index (κ1) is 20.3. The largest absolute Gasteiger partial charge is 0.494 e. The van der Waals surface area contributed by atoms with Gasteiger partial charge in [-0.25, -0.2) is 4.90 Å². The minimum Gasteiger partial charge on any atom is -0.494 e. The van der Waals surface area contributed by atoms with Crippen molar-refractivity contribution in [1.29, 1.82) is 0 Å². The lowest BCUT2D eigenvalue weighted by atomic mass is 9.92. The highest BCUT2D eigenvalue weighted by atomic mass is 16.6. The van der Waals surface area contributed by atoms with E-state index in [1.165, 1.54) is 7.11 Å². The molecular formula is C19H10N4O9. The molecule has 1 aliphatic rings. The van der Waals surface area contributed by atoms with Crippen LogP contribution in [0.5, 0.6) is 5.75 Å². The lowest BCUT2D eigenvalue weighted by Crippen LogP contribution is -2.40. The third-order valence-corrected chi connectivity index (χ3v) is 4.92. The molecule has 32 heavy (non-hydrogen) atoms. The predicted molar refractivity (Wildman–Crippen MR) is 108 cm³/mol. The molecule has 0 aliphatic carbocycles. The van der Waals surface area contributed by atoms with Crippen molar-refractivity contribution < 1.29 is 29.1 Å². The molecule has 2 amide bonds. The normalized spacial score (nSPS) is 12.7. The van der Waals surface area contributed by atoms with Crippen LogP contribution in [-0.4, -0.2) is 33.7 Å². The predicted octanol–water partition coefficient (Wildman–Crippen LogP) is 3.37. The van der Waals surface area contributed by atoms with E-state index in [4.69, 9.17) is 4.74 Å². The minimum absolute atomic E-state index is 0.0181. The number of hydrogen-bond donors (Lipinski definition) is 0. The monoisotopic (exact) mass is 438 g/mol. The molecule has 0 aromatic heterocycles. The second-order valence-electron chi connectivity index (χ2n) is 6.66. The van der Waals surface area contributed by atoms with E-state index in [1.54, 1.807) is 0 Å². The zero-order valence-corrected chi connectivity index (χ0v) is 16.0. The van der Waals surface area contributed by atoms with Gasteiger partial charge < -0.3 is 4.74 Å². The third-order valence-electron chi connectivity index (χ3n) is 4.92. The van der Waals surface area contributed by atoms with E-state index in [1.807, 2.05) is 0 Å². The molecule has 0 spiro atoms. The number of anilines is 1. The summed E-state index contributed by atoms with van der Waals surface area (Å²) >= 11 is 0. The van der Waals surface area contributed by atoms with E-state index in [9.17, 15) is 39.9 Å². The van der Waals surface area contributed by atoms with Crippen LogP contribution in [0.15, 0.2) is 42.5 Å². The summed E-state index contributed by atoms with van der Waals surface area (Å²) in [6.45, 7) is 0. The summed E-state index contributed by atoms with van der Waals surface area (Å²) in [6.07, 6.45) is 0. The van der Waals surface area contributed by atoms with E-state index >= 15 is 0 Å². The van der Waals surface area contributed by atoms with Crippen molar-refractivity contribution in [3.05, 3.63) is 83.9 Å². The van der Waals surface area contributed by atoms with Crippen molar-refractivity contribution in [2.45, 2.75) is 0 Å². The molecule has 0 saturated heterocycles. The zero-order valence-electron chi connectivity index (χ0n) is 16.0. The second kappa shape index (κ2) is 7.09. The van der Waals surface area contributed by atoms with Crippen molar-refractivity contribution >= 4 is 45.3 Å². The summed E-state index contributed by atoms with van der Waals surface area (Å²) in [4.78, 5) is 58.7. The molecule has 0 radical (unpaired) electrons. The Morgan fingerprint density at radius 2 is 1.25 bits per heavy atom. The third kappa shape index (κ3) is 2.96. The average Bonchev–Trinajstić information content (AvgIpc) is 2.76. The van der Waals surface area contributed by atoms with E-state index in [-0.39, 0.29) is 39.0 Å².